The van der Waals surface area contributed by atoms with Crippen LogP contribution in [0.3, 0.4) is 0 Å². The lowest BCUT2D eigenvalue weighted by atomic mass is 10.2. The quantitative estimate of drug-likeness (QED) is 0.345. The molecular weight excluding hydrogens is 256 g/mol. The molecule has 0 spiro atoms. The summed E-state index contributed by atoms with van der Waals surface area (Å²) in [5.41, 5.74) is 0.984. The average Bonchev–Trinajstić information content (AvgIpc) is 2.91. The summed E-state index contributed by atoms with van der Waals surface area (Å²) in [5.74, 6) is 1.20. The highest BCUT2D eigenvalue weighted by atomic mass is 16.7. The molecule has 20 heavy (non-hydrogen) atoms. The number of rotatable bonds is 6. The molecule has 0 aliphatic carbocycles. The van der Waals surface area contributed by atoms with Crippen LogP contribution in [-0.4, -0.2) is 19.4 Å². The van der Waals surface area contributed by atoms with E-state index in [-0.39, 0.29) is 12.8 Å². The van der Waals surface area contributed by atoms with Crippen LogP contribution in [0.25, 0.3) is 6.08 Å². The van der Waals surface area contributed by atoms with Crippen molar-refractivity contribution in [3.8, 4) is 11.5 Å². The highest BCUT2D eigenvalue weighted by Gasteiger charge is 2.11. The number of ether oxygens (including phenoxy) is 3. The number of fused-ring (bicyclic) bond motifs is 1. The Labute approximate surface area is 118 Å². The van der Waals surface area contributed by atoms with E-state index in [1.165, 1.54) is 6.08 Å². The van der Waals surface area contributed by atoms with Gasteiger partial charge in [-0.25, -0.2) is 4.79 Å². The average molecular weight is 274 g/mol. The molecule has 0 amide bonds. The highest BCUT2D eigenvalue weighted by molar-refractivity contribution is 5.82. The highest BCUT2D eigenvalue weighted by Crippen LogP contribution is 2.32. The first-order valence-electron chi connectivity index (χ1n) is 6.71. The zero-order valence-corrected chi connectivity index (χ0v) is 11.5. The normalized spacial score (nSPS) is 13.2. The van der Waals surface area contributed by atoms with Crippen LogP contribution < -0.4 is 9.47 Å². The maximum Gasteiger partial charge on any atom is 0.330 e. The molecule has 0 saturated heterocycles. The van der Waals surface area contributed by atoms with Gasteiger partial charge in [-0.15, -0.1) is 0 Å². The molecule has 1 aliphatic heterocycles. The third-order valence-corrected chi connectivity index (χ3v) is 2.77. The number of unbranched alkanes of at least 4 members (excludes halogenated alkanes) is 1. The van der Waals surface area contributed by atoms with Crippen LogP contribution >= 0.6 is 0 Å². The minimum atomic E-state index is -0.311. The summed E-state index contributed by atoms with van der Waals surface area (Å²) in [6.07, 6.45) is 8.67. The third-order valence-electron chi connectivity index (χ3n) is 2.77. The van der Waals surface area contributed by atoms with E-state index in [0.29, 0.717) is 6.61 Å². The molecule has 0 bridgehead atoms. The first kappa shape index (κ1) is 14.2. The number of carbonyl (C=O) groups excluding carboxylic acids is 1. The number of benzene rings is 1. The maximum atomic E-state index is 11.3. The smallest absolute Gasteiger partial charge is 0.330 e. The fourth-order valence-corrected chi connectivity index (χ4v) is 1.68. The summed E-state index contributed by atoms with van der Waals surface area (Å²) in [6, 6.07) is 5.69. The van der Waals surface area contributed by atoms with E-state index in [1.807, 2.05) is 24.3 Å². The maximum absolute atomic E-state index is 11.3. The lowest BCUT2D eigenvalue weighted by Crippen LogP contribution is -2.01. The van der Waals surface area contributed by atoms with Crippen molar-refractivity contribution in [2.45, 2.75) is 19.8 Å². The monoisotopic (exact) mass is 274 g/mol. The first-order chi connectivity index (χ1) is 9.79. The van der Waals surface area contributed by atoms with Crippen molar-refractivity contribution in [1.29, 1.82) is 0 Å². The van der Waals surface area contributed by atoms with Crippen molar-refractivity contribution in [3.63, 3.8) is 0 Å². The molecule has 0 unspecified atom stereocenters. The Kier molecular flexibility index (Phi) is 5.24. The number of hydrogen-bond donors (Lipinski definition) is 0. The van der Waals surface area contributed by atoms with E-state index < -0.39 is 0 Å². The predicted molar refractivity (Wildman–Crippen MR) is 76.6 cm³/mol. The van der Waals surface area contributed by atoms with Crippen molar-refractivity contribution in [3.05, 3.63) is 42.0 Å². The van der Waals surface area contributed by atoms with Gasteiger partial charge in [-0.2, -0.15) is 0 Å². The third kappa shape index (κ3) is 4.16. The second-order valence-electron chi connectivity index (χ2n) is 4.35. The minimum absolute atomic E-state index is 0.270. The van der Waals surface area contributed by atoms with Crippen LogP contribution in [0.1, 0.15) is 25.3 Å². The van der Waals surface area contributed by atoms with Crippen LogP contribution in [0.4, 0.5) is 0 Å². The molecule has 0 N–H and O–H groups in total. The van der Waals surface area contributed by atoms with E-state index in [2.05, 4.69) is 6.92 Å². The lowest BCUT2D eigenvalue weighted by Gasteiger charge is -1.98. The minimum Gasteiger partial charge on any atom is -0.463 e. The molecule has 1 aliphatic rings. The van der Waals surface area contributed by atoms with Crippen LogP contribution in [0.2, 0.25) is 0 Å². The van der Waals surface area contributed by atoms with Crippen molar-refractivity contribution in [2.75, 3.05) is 13.4 Å². The number of allylic oxidation sites excluding steroid dienone is 2. The van der Waals surface area contributed by atoms with Gasteiger partial charge in [0.2, 0.25) is 6.79 Å². The Balaban J connectivity index is 1.82. The van der Waals surface area contributed by atoms with E-state index in [9.17, 15) is 4.79 Å². The van der Waals surface area contributed by atoms with Gasteiger partial charge in [0.25, 0.3) is 0 Å². The van der Waals surface area contributed by atoms with Gasteiger partial charge in [0.15, 0.2) is 11.5 Å². The van der Waals surface area contributed by atoms with Crippen LogP contribution in [0.5, 0.6) is 11.5 Å². The van der Waals surface area contributed by atoms with Gasteiger partial charge in [0, 0.05) is 6.08 Å². The van der Waals surface area contributed by atoms with Crippen molar-refractivity contribution < 1.29 is 19.0 Å². The SMILES string of the molecule is CCCCOC(=O)C=CC=Cc1ccc2c(c1)OCO2. The Hall–Kier alpha value is -2.23. The summed E-state index contributed by atoms with van der Waals surface area (Å²) in [6.45, 7) is 2.80. The Morgan fingerprint density at radius 2 is 2.15 bits per heavy atom. The van der Waals surface area contributed by atoms with Crippen LogP contribution in [0.15, 0.2) is 36.4 Å². The molecule has 2 rings (SSSR count). The second-order valence-corrected chi connectivity index (χ2v) is 4.35. The summed E-state index contributed by atoms with van der Waals surface area (Å²) >= 11 is 0. The molecular formula is C16H18O4. The number of hydrogen-bond acceptors (Lipinski definition) is 4. The van der Waals surface area contributed by atoms with Crippen LogP contribution in [0, 0.1) is 0 Å². The van der Waals surface area contributed by atoms with Crippen molar-refractivity contribution in [1.82, 2.24) is 0 Å². The van der Waals surface area contributed by atoms with Gasteiger partial charge in [0.1, 0.15) is 0 Å². The van der Waals surface area contributed by atoms with Gasteiger partial charge >= 0.3 is 5.97 Å². The Morgan fingerprint density at radius 3 is 3.00 bits per heavy atom. The standard InChI is InChI=1S/C16H18O4/c1-2-3-10-18-16(17)7-5-4-6-13-8-9-14-15(11-13)20-12-19-14/h4-9,11H,2-3,10,12H2,1H3. The molecule has 4 heteroatoms. The fraction of sp³-hybridized carbons (Fsp3) is 0.312. The molecule has 1 heterocycles. The first-order valence-corrected chi connectivity index (χ1v) is 6.71. The van der Waals surface area contributed by atoms with E-state index >= 15 is 0 Å². The Morgan fingerprint density at radius 1 is 1.30 bits per heavy atom. The topological polar surface area (TPSA) is 44.8 Å². The summed E-state index contributed by atoms with van der Waals surface area (Å²) in [4.78, 5) is 11.3. The molecule has 106 valence electrons. The predicted octanol–water partition coefficient (Wildman–Crippen LogP) is 3.33. The molecule has 0 aromatic heterocycles. The molecule has 0 radical (unpaired) electrons. The van der Waals surface area contributed by atoms with Gasteiger partial charge < -0.3 is 14.2 Å². The zero-order chi connectivity index (χ0) is 14.2. The molecule has 1 aromatic rings. The van der Waals surface area contributed by atoms with Gasteiger partial charge in [-0.05, 0) is 24.1 Å². The van der Waals surface area contributed by atoms with Gasteiger partial charge in [-0.3, -0.25) is 0 Å². The molecule has 4 nitrogen and oxygen atoms in total. The lowest BCUT2D eigenvalue weighted by molar-refractivity contribution is -0.137. The largest absolute Gasteiger partial charge is 0.463 e. The van der Waals surface area contributed by atoms with Crippen molar-refractivity contribution >= 4 is 12.0 Å². The summed E-state index contributed by atoms with van der Waals surface area (Å²) in [5, 5.41) is 0. The Bertz CT molecular complexity index is 517. The van der Waals surface area contributed by atoms with Gasteiger partial charge in [0.05, 0.1) is 6.61 Å². The van der Waals surface area contributed by atoms with E-state index in [0.717, 1.165) is 29.9 Å². The summed E-state index contributed by atoms with van der Waals surface area (Å²) < 4.78 is 15.5. The molecule has 1 aromatic carbocycles. The summed E-state index contributed by atoms with van der Waals surface area (Å²) in [7, 11) is 0. The molecule has 0 fully saturated rings. The second kappa shape index (κ2) is 7.38. The van der Waals surface area contributed by atoms with E-state index in [4.69, 9.17) is 14.2 Å². The molecule has 0 atom stereocenters. The van der Waals surface area contributed by atoms with Gasteiger partial charge in [-0.1, -0.05) is 37.6 Å². The molecule has 0 saturated carbocycles. The fourth-order valence-electron chi connectivity index (χ4n) is 1.68. The zero-order valence-electron chi connectivity index (χ0n) is 11.5. The van der Waals surface area contributed by atoms with Crippen LogP contribution in [-0.2, 0) is 9.53 Å². The van der Waals surface area contributed by atoms with E-state index in [1.54, 1.807) is 12.2 Å². The van der Waals surface area contributed by atoms with Crippen molar-refractivity contribution in [2.24, 2.45) is 0 Å². The number of esters is 1. The number of carbonyl (C=O) groups is 1.